The van der Waals surface area contributed by atoms with Gasteiger partial charge in [0.2, 0.25) is 0 Å². The van der Waals surface area contributed by atoms with Crippen LogP contribution in [0.2, 0.25) is 0 Å². The van der Waals surface area contributed by atoms with Crippen LogP contribution in [-0.2, 0) is 19.0 Å². The summed E-state index contributed by atoms with van der Waals surface area (Å²) < 4.78 is 15.1. The van der Waals surface area contributed by atoms with Gasteiger partial charge < -0.3 is 14.2 Å². The molecular weight excluding hydrogens is 208 g/mol. The van der Waals surface area contributed by atoms with Crippen LogP contribution in [0.3, 0.4) is 0 Å². The van der Waals surface area contributed by atoms with E-state index < -0.39 is 0 Å². The predicted molar refractivity (Wildman–Crippen MR) is 62.3 cm³/mol. The van der Waals surface area contributed by atoms with Gasteiger partial charge in [-0.05, 0) is 5.41 Å². The second kappa shape index (κ2) is 8.53. The highest BCUT2D eigenvalue weighted by atomic mass is 16.5. The van der Waals surface area contributed by atoms with Gasteiger partial charge in [-0.25, -0.2) is 0 Å². The fourth-order valence-electron chi connectivity index (χ4n) is 1.08. The lowest BCUT2D eigenvalue weighted by molar-refractivity contribution is -0.146. The summed E-state index contributed by atoms with van der Waals surface area (Å²) in [7, 11) is 1.64. The zero-order chi connectivity index (χ0) is 12.4. The molecule has 0 heterocycles. The van der Waals surface area contributed by atoms with Crippen LogP contribution in [0.25, 0.3) is 0 Å². The van der Waals surface area contributed by atoms with Crippen LogP contribution < -0.4 is 0 Å². The van der Waals surface area contributed by atoms with Gasteiger partial charge in [0.25, 0.3) is 0 Å². The molecule has 0 spiro atoms. The molecule has 16 heavy (non-hydrogen) atoms. The van der Waals surface area contributed by atoms with E-state index in [2.05, 4.69) is 0 Å². The third kappa shape index (κ3) is 11.5. The van der Waals surface area contributed by atoms with Crippen molar-refractivity contribution in [3.63, 3.8) is 0 Å². The van der Waals surface area contributed by atoms with Gasteiger partial charge in [0.05, 0.1) is 26.2 Å². The van der Waals surface area contributed by atoms with Crippen molar-refractivity contribution >= 4 is 5.97 Å². The average molecular weight is 232 g/mol. The summed E-state index contributed by atoms with van der Waals surface area (Å²) in [5.41, 5.74) is -0.00789. The second-order valence-electron chi connectivity index (χ2n) is 4.92. The molecule has 0 aliphatic heterocycles. The number of carbonyl (C=O) groups excluding carboxylic acids is 1. The Morgan fingerprint density at radius 3 is 2.31 bits per heavy atom. The summed E-state index contributed by atoms with van der Waals surface area (Å²) in [5.74, 6) is -0.135. The minimum absolute atomic E-state index is 0.00789. The normalized spacial score (nSPS) is 11.5. The number of rotatable bonds is 8. The van der Waals surface area contributed by atoms with Crippen LogP contribution in [0.4, 0.5) is 0 Å². The molecule has 0 aromatic rings. The van der Waals surface area contributed by atoms with Crippen molar-refractivity contribution in [2.24, 2.45) is 5.41 Å². The highest BCUT2D eigenvalue weighted by Gasteiger charge is 2.16. The maximum absolute atomic E-state index is 11.3. The Labute approximate surface area is 98.3 Å². The molecule has 0 amide bonds. The van der Waals surface area contributed by atoms with Gasteiger partial charge >= 0.3 is 5.97 Å². The fourth-order valence-corrected chi connectivity index (χ4v) is 1.08. The smallest absolute Gasteiger partial charge is 0.306 e. The molecule has 0 N–H and O–H groups in total. The summed E-state index contributed by atoms with van der Waals surface area (Å²) in [5, 5.41) is 0. The molecule has 0 unspecified atom stereocenters. The van der Waals surface area contributed by atoms with Gasteiger partial charge in [-0.2, -0.15) is 0 Å². The SMILES string of the molecule is COCCOCCCOC(=O)CC(C)(C)C. The Hall–Kier alpha value is -0.610. The monoisotopic (exact) mass is 232 g/mol. The van der Waals surface area contributed by atoms with Crippen molar-refractivity contribution in [1.29, 1.82) is 0 Å². The maximum atomic E-state index is 11.3. The molecule has 0 aliphatic carbocycles. The van der Waals surface area contributed by atoms with Crippen LogP contribution >= 0.6 is 0 Å². The molecule has 0 rings (SSSR count). The predicted octanol–water partition coefficient (Wildman–Crippen LogP) is 2.02. The van der Waals surface area contributed by atoms with E-state index in [0.29, 0.717) is 32.8 Å². The molecule has 0 aromatic carbocycles. The Morgan fingerprint density at radius 1 is 1.06 bits per heavy atom. The number of hydrogen-bond acceptors (Lipinski definition) is 4. The van der Waals surface area contributed by atoms with Crippen LogP contribution in [0.1, 0.15) is 33.6 Å². The highest BCUT2D eigenvalue weighted by molar-refractivity contribution is 5.70. The minimum Gasteiger partial charge on any atom is -0.466 e. The molecule has 0 fully saturated rings. The van der Waals surface area contributed by atoms with E-state index in [9.17, 15) is 4.79 Å². The summed E-state index contributed by atoms with van der Waals surface area (Å²) in [6.07, 6.45) is 1.19. The molecule has 0 atom stereocenters. The molecule has 0 aromatic heterocycles. The van der Waals surface area contributed by atoms with Crippen LogP contribution in [0.15, 0.2) is 0 Å². The molecule has 4 nitrogen and oxygen atoms in total. The molecule has 0 radical (unpaired) electrons. The van der Waals surface area contributed by atoms with Crippen molar-refractivity contribution in [1.82, 2.24) is 0 Å². The van der Waals surface area contributed by atoms with Crippen LogP contribution in [0, 0.1) is 5.41 Å². The van der Waals surface area contributed by atoms with Gasteiger partial charge in [-0.1, -0.05) is 20.8 Å². The van der Waals surface area contributed by atoms with Crippen molar-refractivity contribution in [3.05, 3.63) is 0 Å². The fraction of sp³-hybridized carbons (Fsp3) is 0.917. The van der Waals surface area contributed by atoms with Crippen LogP contribution in [0.5, 0.6) is 0 Å². The minimum atomic E-state index is -0.135. The zero-order valence-corrected chi connectivity index (χ0v) is 10.9. The van der Waals surface area contributed by atoms with Crippen molar-refractivity contribution < 1.29 is 19.0 Å². The average Bonchev–Trinajstić information content (AvgIpc) is 2.13. The van der Waals surface area contributed by atoms with Gasteiger partial charge in [0, 0.05) is 20.1 Å². The first kappa shape index (κ1) is 15.4. The third-order valence-electron chi connectivity index (χ3n) is 1.80. The molecule has 0 aliphatic rings. The number of hydrogen-bond donors (Lipinski definition) is 0. The largest absolute Gasteiger partial charge is 0.466 e. The van der Waals surface area contributed by atoms with E-state index in [0.717, 1.165) is 6.42 Å². The van der Waals surface area contributed by atoms with Gasteiger partial charge in [-0.3, -0.25) is 4.79 Å². The lowest BCUT2D eigenvalue weighted by Gasteiger charge is -2.16. The molecule has 0 bridgehead atoms. The Kier molecular flexibility index (Phi) is 8.21. The first-order chi connectivity index (χ1) is 7.45. The van der Waals surface area contributed by atoms with Gasteiger partial charge in [0.1, 0.15) is 0 Å². The number of esters is 1. The van der Waals surface area contributed by atoms with Crippen molar-refractivity contribution in [2.75, 3.05) is 33.5 Å². The summed E-state index contributed by atoms with van der Waals surface area (Å²) >= 11 is 0. The molecule has 96 valence electrons. The lowest BCUT2D eigenvalue weighted by Crippen LogP contribution is -2.16. The lowest BCUT2D eigenvalue weighted by atomic mass is 9.92. The van der Waals surface area contributed by atoms with Gasteiger partial charge in [-0.15, -0.1) is 0 Å². The van der Waals surface area contributed by atoms with Crippen LogP contribution in [-0.4, -0.2) is 39.5 Å². The van der Waals surface area contributed by atoms with E-state index in [1.165, 1.54) is 0 Å². The maximum Gasteiger partial charge on any atom is 0.306 e. The molecule has 4 heteroatoms. The van der Waals surface area contributed by atoms with Crippen molar-refractivity contribution in [2.45, 2.75) is 33.6 Å². The molecule has 0 saturated heterocycles. The Morgan fingerprint density at radius 2 is 1.75 bits per heavy atom. The molecule has 0 saturated carbocycles. The summed E-state index contributed by atoms with van der Waals surface area (Å²) in [4.78, 5) is 11.3. The number of carbonyl (C=O) groups is 1. The standard InChI is InChI=1S/C12H24O4/c1-12(2,3)10-11(13)16-7-5-6-15-9-8-14-4/h5-10H2,1-4H3. The van der Waals surface area contributed by atoms with E-state index in [1.807, 2.05) is 20.8 Å². The molecular formula is C12H24O4. The third-order valence-corrected chi connectivity index (χ3v) is 1.80. The topological polar surface area (TPSA) is 44.8 Å². The van der Waals surface area contributed by atoms with E-state index >= 15 is 0 Å². The zero-order valence-electron chi connectivity index (χ0n) is 10.9. The Balaban J connectivity index is 3.28. The summed E-state index contributed by atoms with van der Waals surface area (Å²) in [6, 6.07) is 0. The first-order valence-electron chi connectivity index (χ1n) is 5.68. The summed E-state index contributed by atoms with van der Waals surface area (Å²) in [6.45, 7) is 8.27. The Bertz CT molecular complexity index is 184. The van der Waals surface area contributed by atoms with E-state index in [4.69, 9.17) is 14.2 Å². The van der Waals surface area contributed by atoms with Crippen molar-refractivity contribution in [3.8, 4) is 0 Å². The number of ether oxygens (including phenoxy) is 3. The quantitative estimate of drug-likeness (QED) is 0.474. The van der Waals surface area contributed by atoms with E-state index in [-0.39, 0.29) is 11.4 Å². The second-order valence-corrected chi connectivity index (χ2v) is 4.92. The van der Waals surface area contributed by atoms with E-state index in [1.54, 1.807) is 7.11 Å². The number of methoxy groups -OCH3 is 1. The highest BCUT2D eigenvalue weighted by Crippen LogP contribution is 2.18. The first-order valence-corrected chi connectivity index (χ1v) is 5.68. The van der Waals surface area contributed by atoms with Gasteiger partial charge in [0.15, 0.2) is 0 Å².